The average molecular weight is 1080 g/mol. The van der Waals surface area contributed by atoms with Gasteiger partial charge in [0.15, 0.2) is 0 Å². The van der Waals surface area contributed by atoms with E-state index >= 15 is 0 Å². The van der Waals surface area contributed by atoms with Crippen molar-refractivity contribution in [3.8, 4) is 78.0 Å². The number of para-hydroxylation sites is 4. The van der Waals surface area contributed by atoms with Crippen molar-refractivity contribution >= 4 is 135 Å². The van der Waals surface area contributed by atoms with Crippen LogP contribution < -0.4 is 9.80 Å². The van der Waals surface area contributed by atoms with Gasteiger partial charge in [0, 0.05) is 101 Å². The summed E-state index contributed by atoms with van der Waals surface area (Å²) in [6.45, 7) is 0. The summed E-state index contributed by atoms with van der Waals surface area (Å²) in [6.07, 6.45) is 0. The van der Waals surface area contributed by atoms with Gasteiger partial charge in [0.05, 0.1) is 0 Å². The molecule has 9 heterocycles. The number of anilines is 6. The Morgan fingerprint density at radius 3 is 0.493 bits per heavy atom. The lowest BCUT2D eigenvalue weighted by molar-refractivity contribution is 1.32. The van der Waals surface area contributed by atoms with E-state index in [0.29, 0.717) is 0 Å². The van der Waals surface area contributed by atoms with Gasteiger partial charge in [-0.1, -0.05) is 72.8 Å². The highest BCUT2D eigenvalue weighted by atomic mass is 32.1. The predicted octanol–water partition coefficient (Wildman–Crippen LogP) is 22.5. The van der Waals surface area contributed by atoms with E-state index in [4.69, 9.17) is 0 Å². The van der Waals surface area contributed by atoms with E-state index in [2.05, 4.69) is 240 Å². The molecule has 0 aliphatic rings. The molecule has 9 aromatic heterocycles. The summed E-state index contributed by atoms with van der Waals surface area (Å²) in [7, 11) is 0. The van der Waals surface area contributed by atoms with Crippen molar-refractivity contribution in [2.24, 2.45) is 0 Å². The molecule has 11 heteroatoms. The minimum absolute atomic E-state index is 1.16. The molecule has 0 aliphatic heterocycles. The van der Waals surface area contributed by atoms with E-state index in [1.165, 1.54) is 88.0 Å². The van der Waals surface area contributed by atoms with Crippen molar-refractivity contribution in [2.75, 3.05) is 9.80 Å². The van der Waals surface area contributed by atoms with Crippen molar-refractivity contribution in [2.45, 2.75) is 0 Å². The SMILES string of the molecule is c1ccc(N(c2ccccc2)c2ccc(-c3ccc(-c4ccc(-c5ccc(-c6ccc(-c7ccc(-c8ccc(-c9ccc(-c%10ccc(N(c%11ccccc%11)c%11ccccc%11)s%10)s9)s8)s7)s6)s5)s4)s3)s2)cc1. The van der Waals surface area contributed by atoms with Gasteiger partial charge in [0.1, 0.15) is 10.0 Å². The van der Waals surface area contributed by atoms with Gasteiger partial charge >= 0.3 is 0 Å². The maximum absolute atomic E-state index is 2.34. The molecule has 0 radical (unpaired) electrons. The van der Waals surface area contributed by atoms with Crippen LogP contribution in [0.4, 0.5) is 32.8 Å². The summed E-state index contributed by atoms with van der Waals surface area (Å²) in [5.41, 5.74) is 4.64. The monoisotopic (exact) mass is 1070 g/mol. The Morgan fingerprint density at radius 1 is 0.155 bits per heavy atom. The molecule has 2 nitrogen and oxygen atoms in total. The molecule has 0 saturated carbocycles. The normalized spacial score (nSPS) is 11.4. The van der Waals surface area contributed by atoms with Crippen LogP contribution in [-0.2, 0) is 0 Å². The molecular formula is C60H38N2S9. The molecule has 0 unspecified atom stereocenters. The quantitative estimate of drug-likeness (QED) is 0.107. The van der Waals surface area contributed by atoms with Crippen molar-refractivity contribution in [3.63, 3.8) is 0 Å². The first-order valence-electron chi connectivity index (χ1n) is 22.9. The van der Waals surface area contributed by atoms with Gasteiger partial charge in [0.25, 0.3) is 0 Å². The van der Waals surface area contributed by atoms with Crippen LogP contribution in [0.2, 0.25) is 0 Å². The summed E-state index contributed by atoms with van der Waals surface area (Å²) in [5.74, 6) is 0. The third kappa shape index (κ3) is 9.19. The van der Waals surface area contributed by atoms with E-state index in [1.807, 2.05) is 102 Å². The molecule has 13 rings (SSSR count). The Kier molecular flexibility index (Phi) is 12.4. The minimum atomic E-state index is 1.16. The Balaban J connectivity index is 0.672. The third-order valence-electron chi connectivity index (χ3n) is 11.9. The van der Waals surface area contributed by atoms with Crippen LogP contribution in [-0.4, -0.2) is 0 Å². The molecule has 0 bridgehead atoms. The molecule has 4 aromatic carbocycles. The second kappa shape index (κ2) is 19.8. The summed E-state index contributed by atoms with van der Waals surface area (Å²) in [4.78, 5) is 25.6. The van der Waals surface area contributed by atoms with Gasteiger partial charge in [-0.3, -0.25) is 0 Å². The number of hydrogen-bond acceptors (Lipinski definition) is 11. The van der Waals surface area contributed by atoms with Crippen molar-refractivity contribution < 1.29 is 0 Å². The summed E-state index contributed by atoms with van der Waals surface area (Å²) in [5, 5.41) is 2.41. The van der Waals surface area contributed by atoms with Crippen LogP contribution in [0.3, 0.4) is 0 Å². The maximum Gasteiger partial charge on any atom is 0.101 e. The lowest BCUT2D eigenvalue weighted by Crippen LogP contribution is -2.07. The zero-order valence-electron chi connectivity index (χ0n) is 37.5. The van der Waals surface area contributed by atoms with Gasteiger partial charge in [-0.15, -0.1) is 102 Å². The van der Waals surface area contributed by atoms with Crippen LogP contribution in [0, 0.1) is 0 Å². The topological polar surface area (TPSA) is 6.48 Å². The second-order valence-corrected chi connectivity index (χ2v) is 26.1. The first-order valence-corrected chi connectivity index (χ1v) is 30.2. The largest absolute Gasteiger partial charge is 0.302 e. The first-order chi connectivity index (χ1) is 35.1. The molecule has 13 aromatic rings. The first kappa shape index (κ1) is 44.7. The van der Waals surface area contributed by atoms with Crippen molar-refractivity contribution in [1.29, 1.82) is 0 Å². The fourth-order valence-electron chi connectivity index (χ4n) is 8.50. The molecule has 0 atom stereocenters. The van der Waals surface area contributed by atoms with E-state index in [-0.39, 0.29) is 0 Å². The summed E-state index contributed by atoms with van der Waals surface area (Å²) >= 11 is 16.9. The van der Waals surface area contributed by atoms with Crippen LogP contribution in [0.5, 0.6) is 0 Å². The van der Waals surface area contributed by atoms with Gasteiger partial charge in [0.2, 0.25) is 0 Å². The second-order valence-electron chi connectivity index (χ2n) is 16.4. The zero-order chi connectivity index (χ0) is 47.1. The molecule has 0 saturated heterocycles. The molecular weight excluding hydrogens is 1040 g/mol. The fraction of sp³-hybridized carbons (Fsp3) is 0. The van der Waals surface area contributed by atoms with Crippen LogP contribution in [0.25, 0.3) is 78.0 Å². The molecule has 0 N–H and O–H groups in total. The highest BCUT2D eigenvalue weighted by molar-refractivity contribution is 7.32. The number of nitrogens with zero attached hydrogens (tertiary/aromatic N) is 2. The average Bonchev–Trinajstić information content (AvgIpc) is 4.25. The van der Waals surface area contributed by atoms with Gasteiger partial charge < -0.3 is 9.80 Å². The maximum atomic E-state index is 2.34. The Morgan fingerprint density at radius 2 is 0.310 bits per heavy atom. The van der Waals surface area contributed by atoms with Crippen LogP contribution in [0.15, 0.2) is 231 Å². The lowest BCUT2D eigenvalue weighted by atomic mass is 10.2. The minimum Gasteiger partial charge on any atom is -0.302 e. The van der Waals surface area contributed by atoms with Gasteiger partial charge in [-0.05, 0) is 158 Å². The number of thiophene rings is 9. The van der Waals surface area contributed by atoms with E-state index < -0.39 is 0 Å². The fourth-order valence-corrected chi connectivity index (χ4v) is 18.4. The predicted molar refractivity (Wildman–Crippen MR) is 320 cm³/mol. The van der Waals surface area contributed by atoms with Crippen molar-refractivity contribution in [3.05, 3.63) is 231 Å². The Labute approximate surface area is 448 Å². The molecule has 0 amide bonds. The van der Waals surface area contributed by atoms with Crippen molar-refractivity contribution in [1.82, 2.24) is 0 Å². The molecule has 0 spiro atoms. The number of rotatable bonds is 14. The Hall–Kier alpha value is -6.22. The van der Waals surface area contributed by atoms with Crippen LogP contribution in [0.1, 0.15) is 0 Å². The van der Waals surface area contributed by atoms with Gasteiger partial charge in [-0.25, -0.2) is 0 Å². The third-order valence-corrected chi connectivity index (χ3v) is 23.2. The van der Waals surface area contributed by atoms with E-state index in [0.717, 1.165) is 22.7 Å². The highest BCUT2D eigenvalue weighted by Gasteiger charge is 2.20. The smallest absolute Gasteiger partial charge is 0.101 e. The molecule has 0 aliphatic carbocycles. The standard InChI is InChI=1S/C60H38N2S9/c1-5-13-39(14-6-1)61(40-15-7-2-8-16-40)59-37-35-57(70-59)55-33-31-53(68-55)51-29-27-49(66-51)47-25-23-45(64-47)43-21-22-44(63-43)46-24-26-48(65-46)50-28-30-52(67-50)54-32-34-56(69-54)58-36-38-60(71-58)62(41-17-9-3-10-18-41)42-19-11-4-12-20-42/h1-38H. The molecule has 0 fully saturated rings. The van der Waals surface area contributed by atoms with E-state index in [9.17, 15) is 0 Å². The number of benzene rings is 4. The molecule has 342 valence electrons. The van der Waals surface area contributed by atoms with Crippen LogP contribution >= 0.6 is 102 Å². The summed E-state index contributed by atoms with van der Waals surface area (Å²) < 4.78 is 0. The molecule has 71 heavy (non-hydrogen) atoms. The summed E-state index contributed by atoms with van der Waals surface area (Å²) in [6, 6.07) is 83.7. The lowest BCUT2D eigenvalue weighted by Gasteiger charge is -2.23. The van der Waals surface area contributed by atoms with Gasteiger partial charge in [-0.2, -0.15) is 0 Å². The number of hydrogen-bond donors (Lipinski definition) is 0. The highest BCUT2D eigenvalue weighted by Crippen LogP contribution is 2.50. The zero-order valence-corrected chi connectivity index (χ0v) is 44.9. The van der Waals surface area contributed by atoms with E-state index in [1.54, 1.807) is 0 Å². The Bertz CT molecular complexity index is 3520.